The first kappa shape index (κ1) is 14.2. The highest BCUT2D eigenvalue weighted by Gasteiger charge is 2.25. The first-order chi connectivity index (χ1) is 9.00. The van der Waals surface area contributed by atoms with Crippen molar-refractivity contribution in [1.82, 2.24) is 0 Å². The van der Waals surface area contributed by atoms with Crippen LogP contribution in [0.15, 0.2) is 18.2 Å². The topological polar surface area (TPSA) is 40.5 Å². The van der Waals surface area contributed by atoms with Gasteiger partial charge in [-0.25, -0.2) is 4.79 Å². The zero-order chi connectivity index (χ0) is 14.0. The van der Waals surface area contributed by atoms with E-state index in [0.29, 0.717) is 17.0 Å². The minimum atomic E-state index is -0.981. The average molecular weight is 282 g/mol. The van der Waals surface area contributed by atoms with Crippen LogP contribution in [0.25, 0.3) is 0 Å². The number of anilines is 1. The SMILES string of the molecule is CC1CCCCC1N(C)c1ccc(C(=O)O)c(Cl)c1. The minimum Gasteiger partial charge on any atom is -0.478 e. The number of halogens is 1. The predicted octanol–water partition coefficient (Wildman–Crippen LogP) is 4.05. The van der Waals surface area contributed by atoms with Crippen LogP contribution in [0.1, 0.15) is 43.0 Å². The molecule has 1 aromatic rings. The van der Waals surface area contributed by atoms with Crippen LogP contribution in [0, 0.1) is 5.92 Å². The van der Waals surface area contributed by atoms with E-state index in [0.717, 1.165) is 5.69 Å². The Morgan fingerprint density at radius 3 is 2.63 bits per heavy atom. The molecule has 2 rings (SSSR count). The number of carbonyl (C=O) groups is 1. The van der Waals surface area contributed by atoms with Crippen molar-refractivity contribution in [1.29, 1.82) is 0 Å². The molecule has 104 valence electrons. The second-order valence-electron chi connectivity index (χ2n) is 5.41. The molecule has 0 heterocycles. The number of carboxylic acids is 1. The molecule has 2 unspecified atom stereocenters. The summed E-state index contributed by atoms with van der Waals surface area (Å²) in [7, 11) is 2.07. The highest BCUT2D eigenvalue weighted by molar-refractivity contribution is 6.33. The van der Waals surface area contributed by atoms with E-state index < -0.39 is 5.97 Å². The van der Waals surface area contributed by atoms with Crippen molar-refractivity contribution in [3.63, 3.8) is 0 Å². The summed E-state index contributed by atoms with van der Waals surface area (Å²) in [6.07, 6.45) is 5.02. The van der Waals surface area contributed by atoms with Crippen LogP contribution < -0.4 is 4.90 Å². The zero-order valence-corrected chi connectivity index (χ0v) is 12.2. The molecule has 1 fully saturated rings. The Labute approximate surface area is 119 Å². The van der Waals surface area contributed by atoms with Gasteiger partial charge in [0, 0.05) is 18.8 Å². The van der Waals surface area contributed by atoms with E-state index in [9.17, 15) is 4.79 Å². The molecule has 3 nitrogen and oxygen atoms in total. The largest absolute Gasteiger partial charge is 0.478 e. The number of aromatic carboxylic acids is 1. The summed E-state index contributed by atoms with van der Waals surface area (Å²) < 4.78 is 0. The lowest BCUT2D eigenvalue weighted by molar-refractivity contribution is 0.0697. The number of rotatable bonds is 3. The molecule has 1 N–H and O–H groups in total. The van der Waals surface area contributed by atoms with E-state index in [4.69, 9.17) is 16.7 Å². The average Bonchev–Trinajstić information content (AvgIpc) is 2.38. The van der Waals surface area contributed by atoms with Crippen molar-refractivity contribution in [2.75, 3.05) is 11.9 Å². The van der Waals surface area contributed by atoms with E-state index >= 15 is 0 Å². The van der Waals surface area contributed by atoms with Crippen molar-refractivity contribution < 1.29 is 9.90 Å². The fourth-order valence-corrected chi connectivity index (χ4v) is 3.22. The summed E-state index contributed by atoms with van der Waals surface area (Å²) >= 11 is 6.04. The van der Waals surface area contributed by atoms with Gasteiger partial charge in [0.25, 0.3) is 0 Å². The van der Waals surface area contributed by atoms with Crippen molar-refractivity contribution in [3.05, 3.63) is 28.8 Å². The minimum absolute atomic E-state index is 0.163. The van der Waals surface area contributed by atoms with Gasteiger partial charge in [-0.05, 0) is 37.0 Å². The van der Waals surface area contributed by atoms with Gasteiger partial charge in [0.2, 0.25) is 0 Å². The summed E-state index contributed by atoms with van der Waals surface area (Å²) in [4.78, 5) is 13.2. The van der Waals surface area contributed by atoms with Gasteiger partial charge in [-0.1, -0.05) is 31.4 Å². The smallest absolute Gasteiger partial charge is 0.337 e. The van der Waals surface area contributed by atoms with Gasteiger partial charge >= 0.3 is 5.97 Å². The molecule has 0 aliphatic heterocycles. The van der Waals surface area contributed by atoms with Crippen molar-refractivity contribution in [2.45, 2.75) is 38.6 Å². The van der Waals surface area contributed by atoms with E-state index in [1.54, 1.807) is 12.1 Å². The van der Waals surface area contributed by atoms with Crippen LogP contribution in [0.4, 0.5) is 5.69 Å². The molecule has 1 saturated carbocycles. The van der Waals surface area contributed by atoms with Crippen LogP contribution in [-0.2, 0) is 0 Å². The van der Waals surface area contributed by atoms with Gasteiger partial charge in [-0.2, -0.15) is 0 Å². The maximum absolute atomic E-state index is 11.0. The van der Waals surface area contributed by atoms with Crippen molar-refractivity contribution in [3.8, 4) is 0 Å². The zero-order valence-electron chi connectivity index (χ0n) is 11.4. The monoisotopic (exact) mass is 281 g/mol. The summed E-state index contributed by atoms with van der Waals surface area (Å²) in [5.41, 5.74) is 1.16. The molecule has 0 amide bonds. The molecule has 0 saturated heterocycles. The van der Waals surface area contributed by atoms with E-state index in [1.165, 1.54) is 25.7 Å². The molecule has 1 aliphatic rings. The van der Waals surface area contributed by atoms with Gasteiger partial charge < -0.3 is 10.0 Å². The van der Waals surface area contributed by atoms with E-state index in [-0.39, 0.29) is 5.56 Å². The second-order valence-corrected chi connectivity index (χ2v) is 5.82. The van der Waals surface area contributed by atoms with Gasteiger partial charge in [0.05, 0.1) is 10.6 Å². The molecule has 2 atom stereocenters. The third-order valence-electron chi connectivity index (χ3n) is 4.15. The fourth-order valence-electron chi connectivity index (χ4n) is 2.96. The lowest BCUT2D eigenvalue weighted by Crippen LogP contribution is -2.39. The number of hydrogen-bond donors (Lipinski definition) is 1. The maximum atomic E-state index is 11.0. The van der Waals surface area contributed by atoms with Crippen LogP contribution in [0.3, 0.4) is 0 Å². The summed E-state index contributed by atoms with van der Waals surface area (Å²) in [6, 6.07) is 5.70. The van der Waals surface area contributed by atoms with E-state index in [2.05, 4.69) is 18.9 Å². The third kappa shape index (κ3) is 3.03. The predicted molar refractivity (Wildman–Crippen MR) is 78.2 cm³/mol. The molecule has 4 heteroatoms. The molecule has 0 aromatic heterocycles. The van der Waals surface area contributed by atoms with Gasteiger partial charge in [0.1, 0.15) is 0 Å². The summed E-state index contributed by atoms with van der Waals surface area (Å²) in [5.74, 6) is -0.318. The maximum Gasteiger partial charge on any atom is 0.337 e. The Morgan fingerprint density at radius 2 is 2.05 bits per heavy atom. The van der Waals surface area contributed by atoms with Crippen LogP contribution >= 0.6 is 11.6 Å². The van der Waals surface area contributed by atoms with Crippen molar-refractivity contribution in [2.24, 2.45) is 5.92 Å². The van der Waals surface area contributed by atoms with Crippen molar-refractivity contribution >= 4 is 23.3 Å². The summed E-state index contributed by atoms with van der Waals surface area (Å²) in [5, 5.41) is 9.29. The van der Waals surface area contributed by atoms with E-state index in [1.807, 2.05) is 6.07 Å². The first-order valence-electron chi connectivity index (χ1n) is 6.76. The van der Waals surface area contributed by atoms with Crippen LogP contribution in [0.2, 0.25) is 5.02 Å². The summed E-state index contributed by atoms with van der Waals surface area (Å²) in [6.45, 7) is 2.29. The first-order valence-corrected chi connectivity index (χ1v) is 7.14. The lowest BCUT2D eigenvalue weighted by Gasteiger charge is -2.37. The van der Waals surface area contributed by atoms with Gasteiger partial charge in [-0.3, -0.25) is 0 Å². The number of hydrogen-bond acceptors (Lipinski definition) is 2. The molecule has 0 bridgehead atoms. The van der Waals surface area contributed by atoms with Gasteiger partial charge in [-0.15, -0.1) is 0 Å². The third-order valence-corrected chi connectivity index (χ3v) is 4.47. The number of nitrogens with zero attached hydrogens (tertiary/aromatic N) is 1. The molecule has 0 radical (unpaired) electrons. The highest BCUT2D eigenvalue weighted by Crippen LogP contribution is 2.32. The number of benzene rings is 1. The molecular formula is C15H20ClNO2. The quantitative estimate of drug-likeness (QED) is 0.908. The Kier molecular flexibility index (Phi) is 4.35. The highest BCUT2D eigenvalue weighted by atomic mass is 35.5. The Morgan fingerprint density at radius 1 is 1.37 bits per heavy atom. The molecule has 1 aromatic carbocycles. The Hall–Kier alpha value is -1.22. The molecular weight excluding hydrogens is 262 g/mol. The van der Waals surface area contributed by atoms with Gasteiger partial charge in [0.15, 0.2) is 0 Å². The second kappa shape index (κ2) is 5.83. The normalized spacial score (nSPS) is 23.1. The fraction of sp³-hybridized carbons (Fsp3) is 0.533. The van der Waals surface area contributed by atoms with Crippen LogP contribution in [0.5, 0.6) is 0 Å². The molecule has 19 heavy (non-hydrogen) atoms. The number of carboxylic acid groups (broad SMARTS) is 1. The Balaban J connectivity index is 2.21. The standard InChI is InChI=1S/C15H20ClNO2/c1-10-5-3-4-6-14(10)17(2)11-7-8-12(15(18)19)13(16)9-11/h7-10,14H,3-6H2,1-2H3,(H,18,19). The molecule has 0 spiro atoms. The lowest BCUT2D eigenvalue weighted by atomic mass is 9.85. The Bertz CT molecular complexity index is 475. The molecule has 1 aliphatic carbocycles. The van der Waals surface area contributed by atoms with Crippen LogP contribution in [-0.4, -0.2) is 24.2 Å².